The Balaban J connectivity index is 2.92. The summed E-state index contributed by atoms with van der Waals surface area (Å²) in [4.78, 5) is 0. The maximum absolute atomic E-state index is 12.4. The predicted octanol–water partition coefficient (Wildman–Crippen LogP) is 4.60. The smallest absolute Gasteiger partial charge is 0.166 e. The SMILES string of the molecule is CC[C@@H](C)Cc1ccc(C(F)(F)F)cc1C. The molecule has 90 valence electrons. The molecule has 0 radical (unpaired) electrons. The lowest BCUT2D eigenvalue weighted by Gasteiger charge is -2.13. The van der Waals surface area contributed by atoms with Crippen LogP contribution in [-0.4, -0.2) is 0 Å². The van der Waals surface area contributed by atoms with Crippen LogP contribution in [0.3, 0.4) is 0 Å². The predicted molar refractivity (Wildman–Crippen MR) is 59.3 cm³/mol. The standard InChI is InChI=1S/C13H17F3/c1-4-9(2)7-11-5-6-12(8-10(11)3)13(14,15)16/h5-6,8-9H,4,7H2,1-3H3/t9-/m1/s1. The maximum Gasteiger partial charge on any atom is 0.416 e. The van der Waals surface area contributed by atoms with Crippen LogP contribution < -0.4 is 0 Å². The molecule has 3 heteroatoms. The van der Waals surface area contributed by atoms with Gasteiger partial charge in [-0.25, -0.2) is 0 Å². The summed E-state index contributed by atoms with van der Waals surface area (Å²) in [5, 5.41) is 0. The van der Waals surface area contributed by atoms with Gasteiger partial charge < -0.3 is 0 Å². The Kier molecular flexibility index (Phi) is 4.00. The Labute approximate surface area is 94.5 Å². The van der Waals surface area contributed by atoms with Crippen molar-refractivity contribution in [1.29, 1.82) is 0 Å². The highest BCUT2D eigenvalue weighted by Crippen LogP contribution is 2.30. The molecule has 0 bridgehead atoms. The third-order valence-electron chi connectivity index (χ3n) is 2.94. The van der Waals surface area contributed by atoms with Crippen LogP contribution >= 0.6 is 0 Å². The van der Waals surface area contributed by atoms with E-state index in [1.807, 2.05) is 0 Å². The second-order valence-electron chi connectivity index (χ2n) is 4.36. The molecule has 0 N–H and O–H groups in total. The molecular weight excluding hydrogens is 213 g/mol. The molecule has 0 unspecified atom stereocenters. The van der Waals surface area contributed by atoms with E-state index < -0.39 is 11.7 Å². The molecule has 0 aliphatic carbocycles. The molecule has 0 aliphatic rings. The molecule has 0 amide bonds. The number of alkyl halides is 3. The average molecular weight is 230 g/mol. The molecule has 0 spiro atoms. The van der Waals surface area contributed by atoms with Gasteiger partial charge in [-0.1, -0.05) is 26.3 Å². The van der Waals surface area contributed by atoms with Gasteiger partial charge in [-0.15, -0.1) is 0 Å². The number of benzene rings is 1. The third-order valence-corrected chi connectivity index (χ3v) is 2.94. The molecule has 0 saturated heterocycles. The summed E-state index contributed by atoms with van der Waals surface area (Å²) in [6, 6.07) is 4.01. The molecule has 1 atom stereocenters. The highest BCUT2D eigenvalue weighted by Gasteiger charge is 2.30. The van der Waals surface area contributed by atoms with E-state index in [2.05, 4.69) is 13.8 Å². The molecule has 0 aliphatic heterocycles. The van der Waals surface area contributed by atoms with E-state index >= 15 is 0 Å². The van der Waals surface area contributed by atoms with E-state index in [1.165, 1.54) is 12.1 Å². The minimum atomic E-state index is -4.24. The second-order valence-corrected chi connectivity index (χ2v) is 4.36. The van der Waals surface area contributed by atoms with E-state index in [0.29, 0.717) is 5.92 Å². The van der Waals surface area contributed by atoms with Gasteiger partial charge in [-0.2, -0.15) is 13.2 Å². The minimum Gasteiger partial charge on any atom is -0.166 e. The van der Waals surface area contributed by atoms with Gasteiger partial charge in [-0.05, 0) is 42.5 Å². The summed E-state index contributed by atoms with van der Waals surface area (Å²) < 4.78 is 37.3. The summed E-state index contributed by atoms with van der Waals surface area (Å²) in [7, 11) is 0. The first kappa shape index (κ1) is 13.1. The average Bonchev–Trinajstić information content (AvgIpc) is 2.19. The van der Waals surface area contributed by atoms with Crippen molar-refractivity contribution in [3.8, 4) is 0 Å². The topological polar surface area (TPSA) is 0 Å². The molecule has 0 nitrogen and oxygen atoms in total. The molecule has 1 aromatic carbocycles. The van der Waals surface area contributed by atoms with Gasteiger partial charge in [0.2, 0.25) is 0 Å². The highest BCUT2D eigenvalue weighted by atomic mass is 19.4. The Morgan fingerprint density at radius 1 is 1.25 bits per heavy atom. The van der Waals surface area contributed by atoms with Gasteiger partial charge in [0.1, 0.15) is 0 Å². The number of hydrogen-bond donors (Lipinski definition) is 0. The monoisotopic (exact) mass is 230 g/mol. The van der Waals surface area contributed by atoms with E-state index in [-0.39, 0.29) is 0 Å². The Morgan fingerprint density at radius 3 is 2.31 bits per heavy atom. The molecule has 0 heterocycles. The zero-order valence-electron chi connectivity index (χ0n) is 9.86. The van der Waals surface area contributed by atoms with Gasteiger partial charge >= 0.3 is 6.18 Å². The molecule has 16 heavy (non-hydrogen) atoms. The van der Waals surface area contributed by atoms with Crippen LogP contribution in [0.25, 0.3) is 0 Å². The van der Waals surface area contributed by atoms with Crippen molar-refractivity contribution >= 4 is 0 Å². The number of rotatable bonds is 3. The van der Waals surface area contributed by atoms with Crippen LogP contribution in [-0.2, 0) is 12.6 Å². The quantitative estimate of drug-likeness (QED) is 0.711. The molecule has 0 aromatic heterocycles. The van der Waals surface area contributed by atoms with Crippen molar-refractivity contribution in [2.75, 3.05) is 0 Å². The zero-order valence-corrected chi connectivity index (χ0v) is 9.86. The molecule has 0 saturated carbocycles. The highest BCUT2D eigenvalue weighted by molar-refractivity contribution is 5.32. The Hall–Kier alpha value is -0.990. The van der Waals surface area contributed by atoms with Gasteiger partial charge in [0.25, 0.3) is 0 Å². The van der Waals surface area contributed by atoms with Crippen LogP contribution in [0.1, 0.15) is 37.0 Å². The largest absolute Gasteiger partial charge is 0.416 e. The van der Waals surface area contributed by atoms with Gasteiger partial charge in [0, 0.05) is 0 Å². The fraction of sp³-hybridized carbons (Fsp3) is 0.538. The number of aryl methyl sites for hydroxylation is 1. The second kappa shape index (κ2) is 4.89. The number of halogens is 3. The summed E-state index contributed by atoms with van der Waals surface area (Å²) in [6.45, 7) is 5.94. The molecule has 1 rings (SSSR count). The van der Waals surface area contributed by atoms with E-state index in [9.17, 15) is 13.2 Å². The van der Waals surface area contributed by atoms with Crippen molar-refractivity contribution in [1.82, 2.24) is 0 Å². The maximum atomic E-state index is 12.4. The minimum absolute atomic E-state index is 0.510. The van der Waals surface area contributed by atoms with Gasteiger partial charge in [-0.3, -0.25) is 0 Å². The first-order chi connectivity index (χ1) is 7.34. The molecular formula is C13H17F3. The molecule has 1 aromatic rings. The summed E-state index contributed by atoms with van der Waals surface area (Å²) in [5.41, 5.74) is 1.19. The van der Waals surface area contributed by atoms with Crippen LogP contribution in [0.5, 0.6) is 0 Å². The van der Waals surface area contributed by atoms with E-state index in [1.54, 1.807) is 13.0 Å². The van der Waals surface area contributed by atoms with Crippen molar-refractivity contribution in [2.24, 2.45) is 5.92 Å². The first-order valence-corrected chi connectivity index (χ1v) is 5.51. The van der Waals surface area contributed by atoms with E-state index in [0.717, 1.165) is 24.0 Å². The summed E-state index contributed by atoms with van der Waals surface area (Å²) >= 11 is 0. The molecule has 0 fully saturated rings. The Morgan fingerprint density at radius 2 is 1.88 bits per heavy atom. The van der Waals surface area contributed by atoms with Crippen LogP contribution in [0.15, 0.2) is 18.2 Å². The van der Waals surface area contributed by atoms with Crippen molar-refractivity contribution in [2.45, 2.75) is 39.8 Å². The van der Waals surface area contributed by atoms with Gasteiger partial charge in [0.15, 0.2) is 0 Å². The lowest BCUT2D eigenvalue weighted by atomic mass is 9.94. The fourth-order valence-corrected chi connectivity index (χ4v) is 1.62. The third kappa shape index (κ3) is 3.26. The van der Waals surface area contributed by atoms with Crippen molar-refractivity contribution in [3.05, 3.63) is 34.9 Å². The summed E-state index contributed by atoms with van der Waals surface area (Å²) in [5.74, 6) is 0.510. The normalized spacial score (nSPS) is 13.9. The van der Waals surface area contributed by atoms with Crippen LogP contribution in [0.2, 0.25) is 0 Å². The lowest BCUT2D eigenvalue weighted by molar-refractivity contribution is -0.137. The Bertz CT molecular complexity index is 353. The summed E-state index contributed by atoms with van der Waals surface area (Å²) in [6.07, 6.45) is -2.35. The van der Waals surface area contributed by atoms with Crippen LogP contribution in [0, 0.1) is 12.8 Å². The first-order valence-electron chi connectivity index (χ1n) is 5.51. The van der Waals surface area contributed by atoms with Gasteiger partial charge in [0.05, 0.1) is 5.56 Å². The van der Waals surface area contributed by atoms with E-state index in [4.69, 9.17) is 0 Å². The zero-order chi connectivity index (χ0) is 12.3. The number of hydrogen-bond acceptors (Lipinski definition) is 0. The van der Waals surface area contributed by atoms with Crippen LogP contribution in [0.4, 0.5) is 13.2 Å². The fourth-order valence-electron chi connectivity index (χ4n) is 1.62. The van der Waals surface area contributed by atoms with Crippen molar-refractivity contribution in [3.63, 3.8) is 0 Å². The van der Waals surface area contributed by atoms with Crippen molar-refractivity contribution < 1.29 is 13.2 Å². The lowest BCUT2D eigenvalue weighted by Crippen LogP contribution is -2.07.